The zero-order chi connectivity index (χ0) is 14.7. The van der Waals surface area contributed by atoms with E-state index in [1.54, 1.807) is 11.8 Å². The summed E-state index contributed by atoms with van der Waals surface area (Å²) in [6, 6.07) is 3.14. The van der Waals surface area contributed by atoms with Gasteiger partial charge in [-0.25, -0.2) is 8.78 Å². The van der Waals surface area contributed by atoms with Crippen LogP contribution in [0.5, 0.6) is 0 Å². The Hall–Kier alpha value is -1.49. The van der Waals surface area contributed by atoms with Gasteiger partial charge in [-0.1, -0.05) is 0 Å². The fraction of sp³-hybridized carbons (Fsp3) is 0.533. The van der Waals surface area contributed by atoms with Gasteiger partial charge in [0.05, 0.1) is 12.5 Å². The molecule has 0 radical (unpaired) electrons. The maximum absolute atomic E-state index is 13.5. The summed E-state index contributed by atoms with van der Waals surface area (Å²) in [6.45, 7) is 2.31. The van der Waals surface area contributed by atoms with E-state index >= 15 is 0 Å². The van der Waals surface area contributed by atoms with E-state index in [1.807, 2.05) is 0 Å². The molecule has 1 aliphatic heterocycles. The molecule has 0 spiro atoms. The van der Waals surface area contributed by atoms with Gasteiger partial charge in [0.25, 0.3) is 0 Å². The minimum Gasteiger partial charge on any atom is -0.393 e. The average Bonchev–Trinajstić information content (AvgIpc) is 2.81. The van der Waals surface area contributed by atoms with Crippen LogP contribution in [0.2, 0.25) is 0 Å². The Kier molecular flexibility index (Phi) is 4.70. The van der Waals surface area contributed by atoms with Crippen LogP contribution in [0.4, 0.5) is 8.78 Å². The van der Waals surface area contributed by atoms with Gasteiger partial charge in [0.15, 0.2) is 0 Å². The number of aliphatic hydroxyl groups excluding tert-OH is 1. The molecule has 0 aliphatic carbocycles. The summed E-state index contributed by atoms with van der Waals surface area (Å²) in [5.41, 5.74) is 0.0812. The number of rotatable bonds is 4. The van der Waals surface area contributed by atoms with Crippen LogP contribution in [-0.2, 0) is 11.2 Å². The smallest absolute Gasteiger partial charge is 0.227 e. The van der Waals surface area contributed by atoms with E-state index in [2.05, 4.69) is 0 Å². The van der Waals surface area contributed by atoms with Gasteiger partial charge in [0.2, 0.25) is 5.91 Å². The first-order valence-electron chi connectivity index (χ1n) is 6.89. The largest absolute Gasteiger partial charge is 0.393 e. The van der Waals surface area contributed by atoms with Gasteiger partial charge in [0.1, 0.15) is 11.6 Å². The predicted octanol–water partition coefficient (Wildman–Crippen LogP) is 2.27. The Morgan fingerprint density at radius 3 is 2.95 bits per heavy atom. The van der Waals surface area contributed by atoms with E-state index in [0.29, 0.717) is 13.0 Å². The van der Waals surface area contributed by atoms with Crippen LogP contribution in [0, 0.1) is 11.6 Å². The second kappa shape index (κ2) is 6.31. The number of aliphatic hydroxyl groups is 1. The zero-order valence-electron chi connectivity index (χ0n) is 11.5. The minimum absolute atomic E-state index is 0.000814. The summed E-state index contributed by atoms with van der Waals surface area (Å²) in [4.78, 5) is 13.9. The number of amides is 1. The molecular formula is C15H19F2NO2. The molecule has 5 heteroatoms. The van der Waals surface area contributed by atoms with E-state index in [-0.39, 0.29) is 23.9 Å². The first kappa shape index (κ1) is 14.9. The summed E-state index contributed by atoms with van der Waals surface area (Å²) >= 11 is 0. The molecular weight excluding hydrogens is 264 g/mol. The number of nitrogens with zero attached hydrogens (tertiary/aromatic N) is 1. The predicted molar refractivity (Wildman–Crippen MR) is 71.1 cm³/mol. The summed E-state index contributed by atoms with van der Waals surface area (Å²) < 4.78 is 26.6. The Balaban J connectivity index is 2.05. The SMILES string of the molecule is CC(O)CC1CCCN1C(=O)Cc1cc(F)ccc1F. The molecule has 2 rings (SSSR count). The molecule has 1 aromatic rings. The third-order valence-corrected chi connectivity index (χ3v) is 3.66. The molecule has 3 nitrogen and oxygen atoms in total. The molecule has 1 N–H and O–H groups in total. The first-order valence-corrected chi connectivity index (χ1v) is 6.89. The molecule has 1 aliphatic rings. The number of hydrogen-bond acceptors (Lipinski definition) is 2. The van der Waals surface area contributed by atoms with Gasteiger partial charge in [-0.2, -0.15) is 0 Å². The van der Waals surface area contributed by atoms with Crippen LogP contribution in [-0.4, -0.2) is 34.6 Å². The van der Waals surface area contributed by atoms with Crippen molar-refractivity contribution in [3.8, 4) is 0 Å². The highest BCUT2D eigenvalue weighted by atomic mass is 19.1. The van der Waals surface area contributed by atoms with Gasteiger partial charge in [0, 0.05) is 18.2 Å². The van der Waals surface area contributed by atoms with Crippen molar-refractivity contribution >= 4 is 5.91 Å². The van der Waals surface area contributed by atoms with Crippen LogP contribution in [0.3, 0.4) is 0 Å². The van der Waals surface area contributed by atoms with Crippen molar-refractivity contribution in [2.75, 3.05) is 6.54 Å². The molecule has 1 aromatic carbocycles. The van der Waals surface area contributed by atoms with Crippen LogP contribution in [0.15, 0.2) is 18.2 Å². The van der Waals surface area contributed by atoms with Gasteiger partial charge in [-0.3, -0.25) is 4.79 Å². The summed E-state index contributed by atoms with van der Waals surface area (Å²) in [5, 5.41) is 9.44. The van der Waals surface area contributed by atoms with Crippen molar-refractivity contribution in [1.82, 2.24) is 4.90 Å². The van der Waals surface area contributed by atoms with E-state index in [4.69, 9.17) is 0 Å². The first-order chi connectivity index (χ1) is 9.47. The second-order valence-corrected chi connectivity index (χ2v) is 5.38. The summed E-state index contributed by atoms with van der Waals surface area (Å²) in [6.07, 6.45) is 1.65. The molecule has 110 valence electrons. The average molecular weight is 283 g/mol. The maximum atomic E-state index is 13.5. The zero-order valence-corrected chi connectivity index (χ0v) is 11.5. The molecule has 1 heterocycles. The normalized spacial score (nSPS) is 20.2. The van der Waals surface area contributed by atoms with E-state index in [1.165, 1.54) is 0 Å². The number of likely N-dealkylation sites (tertiary alicyclic amines) is 1. The van der Waals surface area contributed by atoms with Crippen molar-refractivity contribution in [2.45, 2.75) is 44.8 Å². The monoisotopic (exact) mass is 283 g/mol. The fourth-order valence-corrected chi connectivity index (χ4v) is 2.75. The molecule has 2 unspecified atom stereocenters. The maximum Gasteiger partial charge on any atom is 0.227 e. The fourth-order valence-electron chi connectivity index (χ4n) is 2.75. The summed E-state index contributed by atoms with van der Waals surface area (Å²) in [7, 11) is 0. The Bertz CT molecular complexity index is 491. The van der Waals surface area contributed by atoms with Gasteiger partial charge in [-0.05, 0) is 44.4 Å². The lowest BCUT2D eigenvalue weighted by atomic mass is 10.1. The quantitative estimate of drug-likeness (QED) is 0.921. The van der Waals surface area contributed by atoms with Crippen molar-refractivity contribution in [3.05, 3.63) is 35.4 Å². The Morgan fingerprint density at radius 2 is 2.25 bits per heavy atom. The van der Waals surface area contributed by atoms with Gasteiger partial charge >= 0.3 is 0 Å². The lowest BCUT2D eigenvalue weighted by Crippen LogP contribution is -2.38. The van der Waals surface area contributed by atoms with E-state index in [0.717, 1.165) is 31.0 Å². The lowest BCUT2D eigenvalue weighted by Gasteiger charge is -2.26. The molecule has 1 saturated heterocycles. The van der Waals surface area contributed by atoms with Crippen LogP contribution in [0.1, 0.15) is 31.7 Å². The van der Waals surface area contributed by atoms with E-state index in [9.17, 15) is 18.7 Å². The third kappa shape index (κ3) is 3.54. The van der Waals surface area contributed by atoms with Crippen molar-refractivity contribution < 1.29 is 18.7 Å². The van der Waals surface area contributed by atoms with Crippen molar-refractivity contribution in [1.29, 1.82) is 0 Å². The number of hydrogen-bond donors (Lipinski definition) is 1. The minimum atomic E-state index is -0.564. The topological polar surface area (TPSA) is 40.5 Å². The molecule has 2 atom stereocenters. The number of carbonyl (C=O) groups excluding carboxylic acids is 1. The van der Waals surface area contributed by atoms with Crippen LogP contribution >= 0.6 is 0 Å². The van der Waals surface area contributed by atoms with Crippen molar-refractivity contribution in [3.63, 3.8) is 0 Å². The highest BCUT2D eigenvalue weighted by Gasteiger charge is 2.29. The number of benzene rings is 1. The lowest BCUT2D eigenvalue weighted by molar-refractivity contribution is -0.131. The van der Waals surface area contributed by atoms with Crippen molar-refractivity contribution in [2.24, 2.45) is 0 Å². The third-order valence-electron chi connectivity index (χ3n) is 3.66. The second-order valence-electron chi connectivity index (χ2n) is 5.38. The standard InChI is InChI=1S/C15H19F2NO2/c1-10(19)7-13-3-2-6-18(13)15(20)9-11-8-12(16)4-5-14(11)17/h4-5,8,10,13,19H,2-3,6-7,9H2,1H3. The molecule has 1 fully saturated rings. The van der Waals surface area contributed by atoms with Crippen LogP contribution in [0.25, 0.3) is 0 Å². The molecule has 0 bridgehead atoms. The molecule has 1 amide bonds. The van der Waals surface area contributed by atoms with Crippen LogP contribution < -0.4 is 0 Å². The Morgan fingerprint density at radius 1 is 1.50 bits per heavy atom. The molecule has 0 saturated carbocycles. The molecule has 20 heavy (non-hydrogen) atoms. The molecule has 0 aromatic heterocycles. The van der Waals surface area contributed by atoms with Gasteiger partial charge < -0.3 is 10.0 Å². The Labute approximate surface area is 117 Å². The summed E-state index contributed by atoms with van der Waals surface area (Å²) in [5.74, 6) is -1.32. The number of carbonyl (C=O) groups is 1. The van der Waals surface area contributed by atoms with E-state index < -0.39 is 17.7 Å². The number of halogens is 2. The highest BCUT2D eigenvalue weighted by molar-refractivity contribution is 5.79. The highest BCUT2D eigenvalue weighted by Crippen LogP contribution is 2.23. The van der Waals surface area contributed by atoms with Gasteiger partial charge in [-0.15, -0.1) is 0 Å².